The van der Waals surface area contributed by atoms with Crippen LogP contribution in [-0.2, 0) is 17.1 Å². The van der Waals surface area contributed by atoms with E-state index in [1.165, 1.54) is 24.1 Å². The van der Waals surface area contributed by atoms with Crippen LogP contribution in [0.4, 0.5) is 0 Å². The molecule has 1 saturated carbocycles. The minimum absolute atomic E-state index is 0. The molecule has 1 aromatic heterocycles. The number of aromatic nitrogens is 1. The summed E-state index contributed by atoms with van der Waals surface area (Å²) in [5.74, 6) is 2.11. The van der Waals surface area contributed by atoms with E-state index in [1.54, 1.807) is 11.8 Å². The number of hydrogen-bond acceptors (Lipinski definition) is 3. The molecule has 0 aliphatic heterocycles. The molecule has 1 aliphatic rings. The van der Waals surface area contributed by atoms with Crippen LogP contribution in [0.15, 0.2) is 48.7 Å². The Morgan fingerprint density at radius 3 is 2.57 bits per heavy atom. The van der Waals surface area contributed by atoms with Gasteiger partial charge in [0.15, 0.2) is 0 Å². The van der Waals surface area contributed by atoms with Crippen molar-refractivity contribution >= 4 is 30.1 Å². The quantitative estimate of drug-likeness (QED) is 0.824. The third kappa shape index (κ3) is 5.88. The number of halogens is 1. The Balaban J connectivity index is 0.00000192. The molecule has 0 spiro atoms. The van der Waals surface area contributed by atoms with Gasteiger partial charge < -0.3 is 5.32 Å². The summed E-state index contributed by atoms with van der Waals surface area (Å²) in [6.45, 7) is 0.558. The summed E-state index contributed by atoms with van der Waals surface area (Å²) in [4.78, 5) is 16.3. The van der Waals surface area contributed by atoms with Gasteiger partial charge in [-0.2, -0.15) is 0 Å². The van der Waals surface area contributed by atoms with Gasteiger partial charge in [0.1, 0.15) is 0 Å². The van der Waals surface area contributed by atoms with Crippen molar-refractivity contribution in [3.63, 3.8) is 0 Å². The number of thioether (sulfide) groups is 1. The number of carbonyl (C=O) groups excluding carboxylic acids is 1. The molecular formula is C18H21ClN2OS. The van der Waals surface area contributed by atoms with Crippen molar-refractivity contribution in [2.24, 2.45) is 0 Å². The SMILES string of the molecule is Cl.O=C(CSCc1ccccc1)NCc1ccc(C2CC2)nc1. The fourth-order valence-corrected chi connectivity index (χ4v) is 3.07. The molecule has 0 saturated heterocycles. The average molecular weight is 349 g/mol. The first-order valence-corrected chi connectivity index (χ1v) is 8.80. The third-order valence-electron chi connectivity index (χ3n) is 3.68. The van der Waals surface area contributed by atoms with Crippen LogP contribution >= 0.6 is 24.2 Å². The lowest BCUT2D eigenvalue weighted by atomic mass is 10.2. The van der Waals surface area contributed by atoms with Gasteiger partial charge in [-0.3, -0.25) is 9.78 Å². The lowest BCUT2D eigenvalue weighted by molar-refractivity contribution is -0.118. The number of hydrogen-bond donors (Lipinski definition) is 1. The zero-order chi connectivity index (χ0) is 15.2. The molecule has 0 unspecified atom stereocenters. The molecule has 0 atom stereocenters. The van der Waals surface area contributed by atoms with Gasteiger partial charge >= 0.3 is 0 Å². The van der Waals surface area contributed by atoms with Gasteiger partial charge in [0.05, 0.1) is 5.75 Å². The third-order valence-corrected chi connectivity index (χ3v) is 4.68. The first-order valence-electron chi connectivity index (χ1n) is 7.64. The molecule has 0 bridgehead atoms. The minimum atomic E-state index is 0. The molecule has 1 aliphatic carbocycles. The smallest absolute Gasteiger partial charge is 0.230 e. The molecule has 1 heterocycles. The minimum Gasteiger partial charge on any atom is -0.351 e. The largest absolute Gasteiger partial charge is 0.351 e. The van der Waals surface area contributed by atoms with Gasteiger partial charge in [-0.15, -0.1) is 24.2 Å². The maximum atomic E-state index is 11.8. The molecule has 3 rings (SSSR count). The Hall–Kier alpha value is -1.52. The summed E-state index contributed by atoms with van der Waals surface area (Å²) in [6, 6.07) is 14.4. The van der Waals surface area contributed by atoms with E-state index in [-0.39, 0.29) is 18.3 Å². The lowest BCUT2D eigenvalue weighted by Crippen LogP contribution is -2.24. The van der Waals surface area contributed by atoms with Gasteiger partial charge in [0.2, 0.25) is 5.91 Å². The van der Waals surface area contributed by atoms with E-state index < -0.39 is 0 Å². The molecule has 1 fully saturated rings. The number of carbonyl (C=O) groups is 1. The van der Waals surface area contributed by atoms with E-state index >= 15 is 0 Å². The highest BCUT2D eigenvalue weighted by Crippen LogP contribution is 2.38. The van der Waals surface area contributed by atoms with Gasteiger partial charge in [-0.1, -0.05) is 36.4 Å². The highest BCUT2D eigenvalue weighted by Gasteiger charge is 2.24. The Kier molecular flexibility index (Phi) is 6.93. The van der Waals surface area contributed by atoms with E-state index in [0.717, 1.165) is 11.3 Å². The normalized spacial score (nSPS) is 13.2. The number of amides is 1. The van der Waals surface area contributed by atoms with E-state index in [1.807, 2.05) is 24.4 Å². The van der Waals surface area contributed by atoms with Crippen LogP contribution in [-0.4, -0.2) is 16.6 Å². The number of benzene rings is 1. The fourth-order valence-electron chi connectivity index (χ4n) is 2.25. The van der Waals surface area contributed by atoms with E-state index in [2.05, 4.69) is 34.6 Å². The number of pyridine rings is 1. The van der Waals surface area contributed by atoms with Crippen LogP contribution in [0.5, 0.6) is 0 Å². The molecule has 2 aromatic rings. The summed E-state index contributed by atoms with van der Waals surface area (Å²) in [7, 11) is 0. The first-order chi connectivity index (χ1) is 10.8. The zero-order valence-electron chi connectivity index (χ0n) is 12.9. The Bertz CT molecular complexity index is 615. The summed E-state index contributed by atoms with van der Waals surface area (Å²) >= 11 is 1.64. The van der Waals surface area contributed by atoms with Crippen LogP contribution in [0.2, 0.25) is 0 Å². The Morgan fingerprint density at radius 2 is 1.91 bits per heavy atom. The number of nitrogens with zero attached hydrogens (tertiary/aromatic N) is 1. The van der Waals surface area contributed by atoms with Crippen molar-refractivity contribution in [1.29, 1.82) is 0 Å². The number of nitrogens with one attached hydrogen (secondary N) is 1. The predicted octanol–water partition coefficient (Wildman–Crippen LogP) is 3.93. The molecular weight excluding hydrogens is 328 g/mol. The molecule has 1 aromatic carbocycles. The standard InChI is InChI=1S/C18H20N2OS.ClH/c21-18(13-22-12-14-4-2-1-3-5-14)20-11-15-6-9-17(19-10-15)16-7-8-16;/h1-6,9-10,16H,7-8,11-13H2,(H,20,21);1H. The van der Waals surface area contributed by atoms with Crippen LogP contribution in [0.3, 0.4) is 0 Å². The van der Waals surface area contributed by atoms with Crippen molar-refractivity contribution in [3.8, 4) is 0 Å². The maximum absolute atomic E-state index is 11.8. The average Bonchev–Trinajstić information content (AvgIpc) is 3.39. The predicted molar refractivity (Wildman–Crippen MR) is 97.9 cm³/mol. The highest BCUT2D eigenvalue weighted by molar-refractivity contribution is 7.99. The summed E-state index contributed by atoms with van der Waals surface area (Å²) < 4.78 is 0. The molecule has 1 amide bonds. The van der Waals surface area contributed by atoms with E-state index in [4.69, 9.17) is 0 Å². The fraction of sp³-hybridized carbons (Fsp3) is 0.333. The van der Waals surface area contributed by atoms with Gasteiger partial charge in [-0.25, -0.2) is 0 Å². The Morgan fingerprint density at radius 1 is 1.13 bits per heavy atom. The van der Waals surface area contributed by atoms with Crippen molar-refractivity contribution in [3.05, 3.63) is 65.5 Å². The van der Waals surface area contributed by atoms with Crippen LogP contribution < -0.4 is 5.32 Å². The second-order valence-electron chi connectivity index (χ2n) is 5.62. The number of rotatable bonds is 7. The molecule has 5 heteroatoms. The van der Waals surface area contributed by atoms with Crippen LogP contribution in [0.1, 0.15) is 35.6 Å². The van der Waals surface area contributed by atoms with Crippen molar-refractivity contribution < 1.29 is 4.79 Å². The summed E-state index contributed by atoms with van der Waals surface area (Å²) in [6.07, 6.45) is 4.41. The Labute approximate surface area is 147 Å². The van der Waals surface area contributed by atoms with Crippen molar-refractivity contribution in [1.82, 2.24) is 10.3 Å². The van der Waals surface area contributed by atoms with E-state index in [9.17, 15) is 4.79 Å². The van der Waals surface area contributed by atoms with Gasteiger partial charge in [0.25, 0.3) is 0 Å². The summed E-state index contributed by atoms with van der Waals surface area (Å²) in [5.41, 5.74) is 3.50. The van der Waals surface area contributed by atoms with Crippen LogP contribution in [0, 0.1) is 0 Å². The zero-order valence-corrected chi connectivity index (χ0v) is 14.5. The van der Waals surface area contributed by atoms with Crippen molar-refractivity contribution in [2.75, 3.05) is 5.75 Å². The first kappa shape index (κ1) is 17.8. The summed E-state index contributed by atoms with van der Waals surface area (Å²) in [5, 5.41) is 2.95. The van der Waals surface area contributed by atoms with Gasteiger partial charge in [-0.05, 0) is 30.0 Å². The monoisotopic (exact) mass is 348 g/mol. The molecule has 0 radical (unpaired) electrons. The van der Waals surface area contributed by atoms with Crippen LogP contribution in [0.25, 0.3) is 0 Å². The van der Waals surface area contributed by atoms with E-state index in [0.29, 0.717) is 18.2 Å². The lowest BCUT2D eigenvalue weighted by Gasteiger charge is -2.06. The second kappa shape index (κ2) is 8.94. The molecule has 23 heavy (non-hydrogen) atoms. The van der Waals surface area contributed by atoms with Crippen molar-refractivity contribution in [2.45, 2.75) is 31.1 Å². The molecule has 122 valence electrons. The topological polar surface area (TPSA) is 42.0 Å². The van der Waals surface area contributed by atoms with Gasteiger partial charge in [0, 0.05) is 30.1 Å². The molecule has 3 nitrogen and oxygen atoms in total. The second-order valence-corrected chi connectivity index (χ2v) is 6.61. The molecule has 1 N–H and O–H groups in total. The highest BCUT2D eigenvalue weighted by atomic mass is 35.5. The maximum Gasteiger partial charge on any atom is 0.230 e.